The molecule has 200 valence electrons. The van der Waals surface area contributed by atoms with E-state index in [0.29, 0.717) is 26.2 Å². The summed E-state index contributed by atoms with van der Waals surface area (Å²) in [5.74, 6) is 0. The van der Waals surface area contributed by atoms with Crippen molar-refractivity contribution in [2.75, 3.05) is 39.4 Å². The number of hydrogen-bond donors (Lipinski definition) is 12. The molecule has 0 saturated carbocycles. The van der Waals surface area contributed by atoms with Crippen LogP contribution in [0, 0.1) is 0 Å². The van der Waals surface area contributed by atoms with Gasteiger partial charge in [0.15, 0.2) is 0 Å². The van der Waals surface area contributed by atoms with Gasteiger partial charge < -0.3 is 63.0 Å². The van der Waals surface area contributed by atoms with Gasteiger partial charge in [0.2, 0.25) is 0 Å². The molecule has 2 rings (SSSR count). The summed E-state index contributed by atoms with van der Waals surface area (Å²) >= 11 is 0. The monoisotopic (exact) mass is 528 g/mol. The van der Waals surface area contributed by atoms with E-state index in [1.165, 1.54) is 0 Å². The van der Waals surface area contributed by atoms with Gasteiger partial charge in [0.25, 0.3) is 0 Å². The molecule has 0 aromatic heterocycles. The molecule has 0 spiro atoms. The van der Waals surface area contributed by atoms with Crippen LogP contribution >= 0.6 is 0 Å². The zero-order chi connectivity index (χ0) is 24.3. The molecule has 0 aromatic rings. The fraction of sp³-hybridized carbons (Fsp3) is 1.00. The Hall–Kier alpha value is -0.0665. The van der Waals surface area contributed by atoms with Gasteiger partial charge in [-0.05, 0) is 39.0 Å². The van der Waals surface area contributed by atoms with Crippen LogP contribution in [-0.4, -0.2) is 131 Å². The van der Waals surface area contributed by atoms with Crippen LogP contribution in [-0.2, 0) is 26.0 Å². The normalized spacial score (nSPS) is 38.7. The van der Waals surface area contributed by atoms with Crippen molar-refractivity contribution in [3.8, 4) is 0 Å². The second kappa shape index (κ2) is 17.4. The topological polar surface area (TPSA) is 268 Å². The maximum absolute atomic E-state index is 9.64. The molecule has 2 aliphatic rings. The van der Waals surface area contributed by atoms with Crippen molar-refractivity contribution in [2.24, 2.45) is 22.9 Å². The van der Waals surface area contributed by atoms with E-state index in [0.717, 1.165) is 12.8 Å². The van der Waals surface area contributed by atoms with Gasteiger partial charge in [0, 0.05) is 0 Å². The Morgan fingerprint density at radius 1 is 0.636 bits per heavy atom. The van der Waals surface area contributed by atoms with Crippen LogP contribution in [0.3, 0.4) is 0 Å². The first-order valence-electron chi connectivity index (χ1n) is 10.9. The number of rotatable bonds is 10. The van der Waals surface area contributed by atoms with E-state index in [4.69, 9.17) is 42.6 Å². The minimum Gasteiger partial charge on any atom is -0.394 e. The van der Waals surface area contributed by atoms with E-state index in [1.54, 1.807) is 0 Å². The molecule has 0 bridgehead atoms. The Labute approximate surface area is 203 Å². The van der Waals surface area contributed by atoms with Gasteiger partial charge in [-0.3, -0.25) is 10.6 Å². The number of ether oxygens (including phenoxy) is 2. The van der Waals surface area contributed by atoms with E-state index < -0.39 is 61.2 Å². The predicted octanol–water partition coefficient (Wildman–Crippen LogP) is -6.62. The van der Waals surface area contributed by atoms with Crippen LogP contribution in [0.4, 0.5) is 0 Å². The molecule has 0 radical (unpaired) electrons. The predicted molar refractivity (Wildman–Crippen MR) is 115 cm³/mol. The number of aliphatic hydroxyl groups is 6. The number of aliphatic hydroxyl groups excluding tert-OH is 6. The number of nitrogens with two attached hydrogens (primary N) is 4. The van der Waals surface area contributed by atoms with Crippen molar-refractivity contribution in [1.82, 2.24) is 10.6 Å². The quantitative estimate of drug-likeness (QED) is 0.0927. The summed E-state index contributed by atoms with van der Waals surface area (Å²) < 4.78 is 10.7. The molecule has 0 unspecified atom stereocenters. The molecular formula is C18H42N6NiO8+2. The van der Waals surface area contributed by atoms with Gasteiger partial charge in [-0.2, -0.15) is 0 Å². The van der Waals surface area contributed by atoms with Crippen LogP contribution < -0.4 is 33.6 Å². The molecular weight excluding hydrogens is 487 g/mol. The van der Waals surface area contributed by atoms with Crippen LogP contribution in [0.1, 0.15) is 12.8 Å². The Balaban J connectivity index is 0.000000602. The smallest absolute Gasteiger partial charge is 0.394 e. The Kier molecular flexibility index (Phi) is 17.3. The molecule has 0 aromatic carbocycles. The fourth-order valence-corrected chi connectivity index (χ4v) is 3.34. The van der Waals surface area contributed by atoms with Crippen LogP contribution in [0.2, 0.25) is 0 Å². The van der Waals surface area contributed by atoms with Gasteiger partial charge in [-0.15, -0.1) is 0 Å². The molecule has 2 aliphatic heterocycles. The van der Waals surface area contributed by atoms with Crippen LogP contribution in [0.25, 0.3) is 0 Å². The summed E-state index contributed by atoms with van der Waals surface area (Å²) in [6.07, 6.45) is -5.81. The molecule has 16 N–H and O–H groups in total. The van der Waals surface area contributed by atoms with E-state index in [9.17, 15) is 20.4 Å². The Bertz CT molecular complexity index is 459. The first-order valence-corrected chi connectivity index (χ1v) is 10.9. The standard InChI is InChI=1S/2C9H21N3O4.Ni/c2*10-2-1-3-12-9-6(11)8(15)7(14)5(4-13)16-9;/h2*5-9,12-15H,1-4,10-11H2;/q;;+2/t2*5-,6-,7+,8+,9-;/m11./s1. The summed E-state index contributed by atoms with van der Waals surface area (Å²) in [6.45, 7) is 1.58. The summed E-state index contributed by atoms with van der Waals surface area (Å²) in [6, 6.07) is -1.45. The molecule has 2 fully saturated rings. The number of nitrogens with one attached hydrogen (secondary N) is 2. The molecule has 33 heavy (non-hydrogen) atoms. The van der Waals surface area contributed by atoms with Gasteiger partial charge >= 0.3 is 16.5 Å². The zero-order valence-electron chi connectivity index (χ0n) is 18.6. The summed E-state index contributed by atoms with van der Waals surface area (Å²) in [5, 5.41) is 62.3. The summed E-state index contributed by atoms with van der Waals surface area (Å²) in [7, 11) is 0. The molecule has 2 saturated heterocycles. The largest absolute Gasteiger partial charge is 2.00 e. The van der Waals surface area contributed by atoms with E-state index in [2.05, 4.69) is 10.6 Å². The van der Waals surface area contributed by atoms with E-state index in [1.807, 2.05) is 0 Å². The van der Waals surface area contributed by atoms with Crippen molar-refractivity contribution >= 4 is 0 Å². The summed E-state index contributed by atoms with van der Waals surface area (Å²) in [5.41, 5.74) is 22.1. The van der Waals surface area contributed by atoms with Gasteiger partial charge in [-0.1, -0.05) is 0 Å². The van der Waals surface area contributed by atoms with Crippen molar-refractivity contribution in [2.45, 2.75) is 74.0 Å². The Morgan fingerprint density at radius 2 is 0.970 bits per heavy atom. The van der Waals surface area contributed by atoms with E-state index >= 15 is 0 Å². The van der Waals surface area contributed by atoms with Crippen LogP contribution in [0.15, 0.2) is 0 Å². The van der Waals surface area contributed by atoms with Crippen LogP contribution in [0.5, 0.6) is 0 Å². The molecule has 15 heteroatoms. The van der Waals surface area contributed by atoms with Crippen molar-refractivity contribution in [1.29, 1.82) is 0 Å². The first kappa shape index (κ1) is 32.9. The maximum Gasteiger partial charge on any atom is 2.00 e. The van der Waals surface area contributed by atoms with Crippen molar-refractivity contribution in [3.63, 3.8) is 0 Å². The molecule has 10 atom stereocenters. The zero-order valence-corrected chi connectivity index (χ0v) is 19.5. The van der Waals surface area contributed by atoms with Crippen molar-refractivity contribution in [3.05, 3.63) is 0 Å². The third kappa shape index (κ3) is 9.84. The molecule has 0 amide bonds. The average Bonchev–Trinajstić information content (AvgIpc) is 2.79. The van der Waals surface area contributed by atoms with Gasteiger partial charge in [0.05, 0.1) is 25.3 Å². The minimum atomic E-state index is -1.16. The van der Waals surface area contributed by atoms with Gasteiger partial charge in [-0.25, -0.2) is 0 Å². The third-order valence-corrected chi connectivity index (χ3v) is 5.41. The molecule has 0 aliphatic carbocycles. The SMILES string of the molecule is NCCCN[C@@H]1O[C@H](CO)[C@H](O)[C@@H](O)[C@H]1N.NCCCN[C@@H]1O[C@H](CO)[C@H](O)[C@@H](O)[C@H]1N.[Ni+2]. The van der Waals surface area contributed by atoms with Gasteiger partial charge in [0.1, 0.15) is 49.1 Å². The third-order valence-electron chi connectivity index (χ3n) is 5.41. The fourth-order valence-electron chi connectivity index (χ4n) is 3.34. The Morgan fingerprint density at radius 3 is 1.24 bits per heavy atom. The minimum absolute atomic E-state index is 0. The second-order valence-corrected chi connectivity index (χ2v) is 7.87. The second-order valence-electron chi connectivity index (χ2n) is 7.87. The number of hydrogen-bond acceptors (Lipinski definition) is 14. The van der Waals surface area contributed by atoms with Crippen molar-refractivity contribution < 1.29 is 56.6 Å². The first-order chi connectivity index (χ1) is 15.2. The maximum atomic E-state index is 9.64. The van der Waals surface area contributed by atoms with E-state index in [-0.39, 0.29) is 29.7 Å². The summed E-state index contributed by atoms with van der Waals surface area (Å²) in [4.78, 5) is 0. The average molecular weight is 529 g/mol. The molecule has 14 nitrogen and oxygen atoms in total. The molecule has 2 heterocycles.